The molecule has 0 fully saturated rings. The highest BCUT2D eigenvalue weighted by Crippen LogP contribution is 2.12. The fourth-order valence-electron chi connectivity index (χ4n) is 1.31. The molecular formula is C12H20N2O3. The van der Waals surface area contributed by atoms with Gasteiger partial charge in [-0.1, -0.05) is 19.8 Å². The van der Waals surface area contributed by atoms with Gasteiger partial charge in [0.05, 0.1) is 6.54 Å². The van der Waals surface area contributed by atoms with Gasteiger partial charge in [-0.3, -0.25) is 14.9 Å². The molecule has 0 aliphatic rings. The van der Waals surface area contributed by atoms with Gasteiger partial charge in [0.2, 0.25) is 5.91 Å². The number of hydrogen-bond acceptors (Lipinski definition) is 3. The molecule has 0 aliphatic carbocycles. The number of hydrogen-bond donors (Lipinski definition) is 3. The number of carbonyl (C=O) groups is 2. The molecular weight excluding hydrogens is 220 g/mol. The molecule has 0 spiro atoms. The second kappa shape index (κ2) is 6.92. The summed E-state index contributed by atoms with van der Waals surface area (Å²) < 4.78 is 0. The molecule has 5 heteroatoms. The summed E-state index contributed by atoms with van der Waals surface area (Å²) in [7, 11) is 0. The zero-order chi connectivity index (χ0) is 13.5. The number of amides is 1. The molecule has 0 bridgehead atoms. The third-order valence-electron chi connectivity index (χ3n) is 2.80. The molecule has 0 aliphatic heterocycles. The fraction of sp³-hybridized carbons (Fsp3) is 0.667. The summed E-state index contributed by atoms with van der Waals surface area (Å²) >= 11 is 0. The van der Waals surface area contributed by atoms with Crippen molar-refractivity contribution in [3.8, 4) is 12.3 Å². The number of rotatable bonds is 7. The van der Waals surface area contributed by atoms with Crippen LogP contribution >= 0.6 is 0 Å². The average Bonchev–Trinajstić information content (AvgIpc) is 2.33. The zero-order valence-electron chi connectivity index (χ0n) is 10.5. The van der Waals surface area contributed by atoms with Crippen LogP contribution in [-0.2, 0) is 9.59 Å². The summed E-state index contributed by atoms with van der Waals surface area (Å²) in [5, 5.41) is 14.0. The first kappa shape index (κ1) is 15.5. The van der Waals surface area contributed by atoms with Gasteiger partial charge in [-0.05, 0) is 19.8 Å². The summed E-state index contributed by atoms with van der Waals surface area (Å²) in [6.45, 7) is 5.22. The van der Waals surface area contributed by atoms with Crippen LogP contribution in [0.5, 0.6) is 0 Å². The third kappa shape index (κ3) is 4.87. The Morgan fingerprint density at radius 2 is 1.94 bits per heavy atom. The Kier molecular flexibility index (Phi) is 6.29. The average molecular weight is 240 g/mol. The van der Waals surface area contributed by atoms with E-state index in [0.29, 0.717) is 12.8 Å². The maximum absolute atomic E-state index is 11.6. The first-order chi connectivity index (χ1) is 7.90. The highest BCUT2D eigenvalue weighted by molar-refractivity contribution is 5.80. The van der Waals surface area contributed by atoms with E-state index < -0.39 is 17.6 Å². The highest BCUT2D eigenvalue weighted by Gasteiger charge is 2.25. The number of nitrogens with one attached hydrogen (secondary N) is 2. The van der Waals surface area contributed by atoms with Crippen LogP contribution in [0.3, 0.4) is 0 Å². The number of carboxylic acids is 1. The molecule has 5 nitrogen and oxygen atoms in total. The van der Waals surface area contributed by atoms with E-state index >= 15 is 0 Å². The molecule has 0 aromatic rings. The van der Waals surface area contributed by atoms with Crippen LogP contribution in [0.2, 0.25) is 0 Å². The van der Waals surface area contributed by atoms with Crippen molar-refractivity contribution in [3.05, 3.63) is 0 Å². The summed E-state index contributed by atoms with van der Waals surface area (Å²) in [6, 6.07) is -0.760. The lowest BCUT2D eigenvalue weighted by atomic mass is 9.94. The summed E-state index contributed by atoms with van der Waals surface area (Å²) in [5.74, 6) is 1.29. The molecule has 0 saturated carbocycles. The van der Waals surface area contributed by atoms with Gasteiger partial charge in [0.15, 0.2) is 0 Å². The Labute approximate surface area is 102 Å². The molecule has 0 saturated heterocycles. The van der Waals surface area contributed by atoms with E-state index in [1.807, 2.05) is 13.8 Å². The second-order valence-corrected chi connectivity index (χ2v) is 3.92. The Morgan fingerprint density at radius 1 is 1.41 bits per heavy atom. The van der Waals surface area contributed by atoms with Gasteiger partial charge in [0.25, 0.3) is 0 Å². The number of carbonyl (C=O) groups excluding carboxylic acids is 1. The minimum absolute atomic E-state index is 0.0586. The maximum atomic E-state index is 11.6. The SMILES string of the molecule is C#CC(CC)(CC)NC(=O)CN[C@@H](C)C(=O)O. The van der Waals surface area contributed by atoms with Gasteiger partial charge >= 0.3 is 5.97 Å². The van der Waals surface area contributed by atoms with E-state index in [1.54, 1.807) is 0 Å². The van der Waals surface area contributed by atoms with Crippen LogP contribution < -0.4 is 10.6 Å². The van der Waals surface area contributed by atoms with Crippen molar-refractivity contribution in [2.75, 3.05) is 6.54 Å². The van der Waals surface area contributed by atoms with Gasteiger partial charge in [-0.2, -0.15) is 0 Å². The Morgan fingerprint density at radius 3 is 2.29 bits per heavy atom. The summed E-state index contributed by atoms with van der Waals surface area (Å²) in [6.07, 6.45) is 6.68. The van der Waals surface area contributed by atoms with Gasteiger partial charge in [-0.15, -0.1) is 6.42 Å². The first-order valence-electron chi connectivity index (χ1n) is 5.65. The smallest absolute Gasteiger partial charge is 0.320 e. The van der Waals surface area contributed by atoms with Crippen molar-refractivity contribution in [1.29, 1.82) is 0 Å². The quantitative estimate of drug-likeness (QED) is 0.561. The van der Waals surface area contributed by atoms with Crippen molar-refractivity contribution in [3.63, 3.8) is 0 Å². The third-order valence-corrected chi connectivity index (χ3v) is 2.80. The number of terminal acetylenes is 1. The minimum Gasteiger partial charge on any atom is -0.480 e. The molecule has 0 radical (unpaired) electrons. The highest BCUT2D eigenvalue weighted by atomic mass is 16.4. The number of aliphatic carboxylic acids is 1. The van der Waals surface area contributed by atoms with E-state index in [-0.39, 0.29) is 12.5 Å². The standard InChI is InChI=1S/C12H20N2O3/c1-5-12(6-2,7-3)14-10(15)8-13-9(4)11(16)17/h1,9,13H,6-8H2,2-4H3,(H,14,15)(H,16,17)/t9-/m0/s1. The van der Waals surface area contributed by atoms with Crippen LogP contribution in [-0.4, -0.2) is 35.1 Å². The maximum Gasteiger partial charge on any atom is 0.320 e. The lowest BCUT2D eigenvalue weighted by molar-refractivity contribution is -0.139. The molecule has 1 atom stereocenters. The fourth-order valence-corrected chi connectivity index (χ4v) is 1.31. The lowest BCUT2D eigenvalue weighted by Gasteiger charge is -2.27. The second-order valence-electron chi connectivity index (χ2n) is 3.92. The molecule has 17 heavy (non-hydrogen) atoms. The van der Waals surface area contributed by atoms with E-state index in [4.69, 9.17) is 11.5 Å². The molecule has 0 aromatic heterocycles. The largest absolute Gasteiger partial charge is 0.480 e. The van der Waals surface area contributed by atoms with E-state index in [2.05, 4.69) is 16.6 Å². The van der Waals surface area contributed by atoms with Crippen molar-refractivity contribution >= 4 is 11.9 Å². The van der Waals surface area contributed by atoms with Crippen LogP contribution in [0, 0.1) is 12.3 Å². The topological polar surface area (TPSA) is 78.4 Å². The van der Waals surface area contributed by atoms with Crippen LogP contribution in [0.4, 0.5) is 0 Å². The Hall–Kier alpha value is -1.54. The summed E-state index contributed by atoms with van der Waals surface area (Å²) in [5.41, 5.74) is -0.634. The van der Waals surface area contributed by atoms with Gasteiger partial charge in [0.1, 0.15) is 11.6 Å². The molecule has 0 heterocycles. The predicted molar refractivity (Wildman–Crippen MR) is 65.4 cm³/mol. The Bertz CT molecular complexity index is 316. The van der Waals surface area contributed by atoms with Crippen LogP contribution in [0.1, 0.15) is 33.6 Å². The van der Waals surface area contributed by atoms with E-state index in [0.717, 1.165) is 0 Å². The molecule has 1 amide bonds. The van der Waals surface area contributed by atoms with Crippen LogP contribution in [0.15, 0.2) is 0 Å². The van der Waals surface area contributed by atoms with E-state index in [1.165, 1.54) is 6.92 Å². The number of carboxylic acid groups (broad SMARTS) is 1. The lowest BCUT2D eigenvalue weighted by Crippen LogP contribution is -2.50. The monoisotopic (exact) mass is 240 g/mol. The molecule has 0 unspecified atom stereocenters. The zero-order valence-corrected chi connectivity index (χ0v) is 10.5. The molecule has 0 rings (SSSR count). The normalized spacial score (nSPS) is 12.6. The molecule has 96 valence electrons. The van der Waals surface area contributed by atoms with Crippen LogP contribution in [0.25, 0.3) is 0 Å². The van der Waals surface area contributed by atoms with E-state index in [9.17, 15) is 9.59 Å². The molecule has 3 N–H and O–H groups in total. The van der Waals surface area contributed by atoms with Gasteiger partial charge < -0.3 is 10.4 Å². The van der Waals surface area contributed by atoms with Crippen molar-refractivity contribution < 1.29 is 14.7 Å². The van der Waals surface area contributed by atoms with Crippen molar-refractivity contribution in [2.45, 2.75) is 45.2 Å². The predicted octanol–water partition coefficient (Wildman–Crippen LogP) is 0.357. The first-order valence-corrected chi connectivity index (χ1v) is 5.65. The molecule has 0 aromatic carbocycles. The minimum atomic E-state index is -0.994. The van der Waals surface area contributed by atoms with Crippen molar-refractivity contribution in [2.24, 2.45) is 0 Å². The summed E-state index contributed by atoms with van der Waals surface area (Å²) in [4.78, 5) is 22.1. The van der Waals surface area contributed by atoms with Gasteiger partial charge in [-0.25, -0.2) is 0 Å². The van der Waals surface area contributed by atoms with Gasteiger partial charge in [0, 0.05) is 0 Å². The van der Waals surface area contributed by atoms with Crippen molar-refractivity contribution in [1.82, 2.24) is 10.6 Å². The Balaban J connectivity index is 4.27.